The van der Waals surface area contributed by atoms with Crippen molar-refractivity contribution in [1.29, 1.82) is 0 Å². The fourth-order valence-corrected chi connectivity index (χ4v) is 8.31. The lowest BCUT2D eigenvalue weighted by Crippen LogP contribution is -2.03. The highest BCUT2D eigenvalue weighted by molar-refractivity contribution is 7.26. The quantitative estimate of drug-likeness (QED) is 0.178. The largest absolute Gasteiger partial charge is 0.309 e. The fraction of sp³-hybridized carbons (Fsp3) is 0. The van der Waals surface area contributed by atoms with Crippen LogP contribution < -0.4 is 0 Å². The molecule has 11 rings (SSSR count). The van der Waals surface area contributed by atoms with E-state index in [9.17, 15) is 0 Å². The molecular weight excluding hydrogens is 677 g/mol. The van der Waals surface area contributed by atoms with Crippen LogP contribution in [0.3, 0.4) is 0 Å². The molecule has 252 valence electrons. The predicted octanol–water partition coefficient (Wildman–Crippen LogP) is 13.2. The average molecular weight is 719 g/mol. The highest BCUT2D eigenvalue weighted by atomic mass is 32.1. The van der Waals surface area contributed by atoms with Crippen molar-refractivity contribution in [3.05, 3.63) is 182 Å². The number of hydrogen-bond acceptors (Lipinski definition) is 4. The first kappa shape index (κ1) is 20.9. The molecule has 0 unspecified atom stereocenters. The summed E-state index contributed by atoms with van der Waals surface area (Å²) < 4.78 is 108. The van der Waals surface area contributed by atoms with Gasteiger partial charge in [0, 0.05) is 47.6 Å². The number of rotatable bonds is 5. The SMILES string of the molecule is [2H]c1cc([2H])c2sc3c(-c4cccc(-c5nc(-c6ccccc6-n6c7c([2H])cc([2H])c([2H])c7c7c([2H])c([2H])c([2H])c([2H])c76)nc(-c6cccc7ccccc67)n5)c4)cc([2H])c([2H])c3c2c1[2H]. The Morgan fingerprint density at radius 2 is 1.11 bits per heavy atom. The maximum Gasteiger partial charge on any atom is 0.166 e. The number of aromatic nitrogens is 4. The molecule has 0 amide bonds. The predicted molar refractivity (Wildman–Crippen MR) is 226 cm³/mol. The second-order valence-corrected chi connectivity index (χ2v) is 13.7. The number of benzene rings is 8. The zero-order chi connectivity index (χ0) is 46.0. The third-order valence-corrected chi connectivity index (χ3v) is 10.8. The average Bonchev–Trinajstić information content (AvgIpc) is 3.91. The molecule has 0 N–H and O–H groups in total. The number of hydrogen-bond donors (Lipinski definition) is 0. The van der Waals surface area contributed by atoms with Crippen LogP contribution in [0.25, 0.3) is 104 Å². The van der Waals surface area contributed by atoms with Crippen molar-refractivity contribution in [2.24, 2.45) is 0 Å². The van der Waals surface area contributed by atoms with Crippen molar-refractivity contribution in [2.75, 3.05) is 0 Å². The number of thiophene rings is 1. The number of nitrogens with zero attached hydrogens (tertiary/aromatic N) is 4. The normalized spacial score (nSPS) is 14.8. The fourth-order valence-electron chi connectivity index (χ4n) is 7.19. The van der Waals surface area contributed by atoms with Crippen LogP contribution in [0.2, 0.25) is 0 Å². The minimum atomic E-state index is -0.503. The van der Waals surface area contributed by atoms with E-state index >= 15 is 0 Å². The monoisotopic (exact) mass is 718 g/mol. The maximum atomic E-state index is 9.15. The van der Waals surface area contributed by atoms with E-state index in [0.717, 1.165) is 10.8 Å². The van der Waals surface area contributed by atoms with Crippen molar-refractivity contribution < 1.29 is 16.4 Å². The van der Waals surface area contributed by atoms with Crippen LogP contribution in [0.15, 0.2) is 182 Å². The van der Waals surface area contributed by atoms with Crippen LogP contribution in [-0.4, -0.2) is 19.5 Å². The summed E-state index contributed by atoms with van der Waals surface area (Å²) in [5, 5.41) is 2.54. The standard InChI is InChI=1S/C49H30N4S/c1-2-18-34-31(14-1)15-12-25-40(34)48-50-47(33-17-11-16-32(30-33)35-23-13-24-39-38-21-6-10-29-45(38)54-46(35)39)51-49(52-48)41-22-5-9-28-44(41)53-42-26-7-3-19-36(42)37-20-4-8-27-43(37)53/h1-30H/i3D,4D,6D,7D,13D,19D,20D,21D,24D,26D,27D,29D. The van der Waals surface area contributed by atoms with Gasteiger partial charge in [-0.2, -0.15) is 0 Å². The van der Waals surface area contributed by atoms with E-state index < -0.39 is 18.1 Å². The van der Waals surface area contributed by atoms with Gasteiger partial charge in [0.1, 0.15) is 0 Å². The smallest absolute Gasteiger partial charge is 0.166 e. The van der Waals surface area contributed by atoms with Crippen molar-refractivity contribution in [3.63, 3.8) is 0 Å². The lowest BCUT2D eigenvalue weighted by atomic mass is 10.0. The lowest BCUT2D eigenvalue weighted by Gasteiger charge is -2.15. The summed E-state index contributed by atoms with van der Waals surface area (Å²) in [5.41, 5.74) is 3.43. The van der Waals surface area contributed by atoms with Crippen molar-refractivity contribution in [2.45, 2.75) is 0 Å². The molecule has 54 heavy (non-hydrogen) atoms. The molecule has 4 nitrogen and oxygen atoms in total. The summed E-state index contributed by atoms with van der Waals surface area (Å²) in [7, 11) is 0. The second-order valence-electron chi connectivity index (χ2n) is 12.7. The molecule has 0 aliphatic heterocycles. The van der Waals surface area contributed by atoms with E-state index in [-0.39, 0.29) is 87.8 Å². The molecular formula is C49H30N4S. The van der Waals surface area contributed by atoms with Gasteiger partial charge >= 0.3 is 0 Å². The number of para-hydroxylation sites is 3. The Bertz CT molecular complexity index is 3940. The Hall–Kier alpha value is -6.95. The molecule has 3 aromatic heterocycles. The van der Waals surface area contributed by atoms with Gasteiger partial charge in [-0.05, 0) is 58.2 Å². The summed E-state index contributed by atoms with van der Waals surface area (Å²) in [4.78, 5) is 15.3. The van der Waals surface area contributed by atoms with Crippen LogP contribution in [-0.2, 0) is 0 Å². The Kier molecular flexibility index (Phi) is 4.78. The van der Waals surface area contributed by atoms with Crippen molar-refractivity contribution >= 4 is 64.1 Å². The first-order valence-electron chi connectivity index (χ1n) is 23.1. The van der Waals surface area contributed by atoms with Crippen LogP contribution in [0.5, 0.6) is 0 Å². The van der Waals surface area contributed by atoms with Gasteiger partial charge in [-0.15, -0.1) is 11.3 Å². The molecule has 5 heteroatoms. The molecule has 0 radical (unpaired) electrons. The Morgan fingerprint density at radius 3 is 2.06 bits per heavy atom. The zero-order valence-electron chi connectivity index (χ0n) is 40.1. The summed E-state index contributed by atoms with van der Waals surface area (Å²) in [6.45, 7) is 0. The van der Waals surface area contributed by atoms with Gasteiger partial charge in [-0.3, -0.25) is 0 Å². The zero-order valence-corrected chi connectivity index (χ0v) is 28.9. The van der Waals surface area contributed by atoms with E-state index in [1.54, 1.807) is 30.3 Å². The molecule has 0 saturated heterocycles. The van der Waals surface area contributed by atoms with E-state index in [2.05, 4.69) is 0 Å². The third kappa shape index (κ3) is 4.86. The topological polar surface area (TPSA) is 43.6 Å². The minimum absolute atomic E-state index is 0.0167. The molecule has 11 aromatic rings. The van der Waals surface area contributed by atoms with E-state index in [4.69, 9.17) is 31.4 Å². The third-order valence-electron chi connectivity index (χ3n) is 9.60. The summed E-state index contributed by atoms with van der Waals surface area (Å²) in [5.74, 6) is 0.764. The molecule has 0 aliphatic rings. The van der Waals surface area contributed by atoms with Gasteiger partial charge in [-0.1, -0.05) is 145 Å². The maximum absolute atomic E-state index is 9.15. The molecule has 0 spiro atoms. The summed E-state index contributed by atoms with van der Waals surface area (Å²) in [6, 6.07) is 29.4. The van der Waals surface area contributed by atoms with Crippen molar-refractivity contribution in [1.82, 2.24) is 19.5 Å². The molecule has 0 fully saturated rings. The minimum Gasteiger partial charge on any atom is -0.309 e. The van der Waals surface area contributed by atoms with Gasteiger partial charge in [0.2, 0.25) is 0 Å². The van der Waals surface area contributed by atoms with Crippen LogP contribution in [0.4, 0.5) is 0 Å². The Morgan fingerprint density at radius 1 is 0.444 bits per heavy atom. The molecule has 0 bridgehead atoms. The second kappa shape index (κ2) is 12.3. The number of fused-ring (bicyclic) bond motifs is 7. The van der Waals surface area contributed by atoms with Gasteiger partial charge in [0.15, 0.2) is 17.5 Å². The molecule has 0 atom stereocenters. The summed E-state index contributed by atoms with van der Waals surface area (Å²) >= 11 is 1.24. The first-order valence-corrected chi connectivity index (χ1v) is 17.9. The Labute approximate surface area is 332 Å². The van der Waals surface area contributed by atoms with Crippen LogP contribution >= 0.6 is 11.3 Å². The van der Waals surface area contributed by atoms with Crippen LogP contribution in [0.1, 0.15) is 16.4 Å². The van der Waals surface area contributed by atoms with Gasteiger partial charge < -0.3 is 4.57 Å². The first-order chi connectivity index (χ1) is 31.7. The summed E-state index contributed by atoms with van der Waals surface area (Å²) in [6.07, 6.45) is 0. The Balaban J connectivity index is 1.19. The molecule has 8 aromatic carbocycles. The van der Waals surface area contributed by atoms with Crippen LogP contribution in [0, 0.1) is 0 Å². The van der Waals surface area contributed by atoms with Gasteiger partial charge in [0.25, 0.3) is 0 Å². The molecule has 0 saturated carbocycles. The van der Waals surface area contributed by atoms with Gasteiger partial charge in [-0.25, -0.2) is 15.0 Å². The van der Waals surface area contributed by atoms with E-state index in [1.807, 2.05) is 66.7 Å². The van der Waals surface area contributed by atoms with Crippen molar-refractivity contribution in [3.8, 4) is 51.0 Å². The van der Waals surface area contributed by atoms with E-state index in [1.165, 1.54) is 28.0 Å². The molecule has 3 heterocycles. The van der Waals surface area contributed by atoms with E-state index in [0.29, 0.717) is 59.5 Å². The van der Waals surface area contributed by atoms with Gasteiger partial charge in [0.05, 0.1) is 33.2 Å². The highest BCUT2D eigenvalue weighted by Crippen LogP contribution is 2.41. The highest BCUT2D eigenvalue weighted by Gasteiger charge is 2.20. The molecule has 0 aliphatic carbocycles. The lowest BCUT2D eigenvalue weighted by molar-refractivity contribution is 1.07.